The number of hydrogen-bond acceptors (Lipinski definition) is 3. The maximum absolute atomic E-state index is 11.6. The van der Waals surface area contributed by atoms with E-state index in [1.807, 2.05) is 0 Å². The Labute approximate surface area is 103 Å². The van der Waals surface area contributed by atoms with Crippen molar-refractivity contribution >= 4 is 18.5 Å². The molecule has 0 heterocycles. The highest BCUT2D eigenvalue weighted by Gasteiger charge is 2.42. The van der Waals surface area contributed by atoms with Gasteiger partial charge < -0.3 is 10.1 Å². The minimum atomic E-state index is 0.154. The normalized spacial score (nSPS) is 21.8. The summed E-state index contributed by atoms with van der Waals surface area (Å²) >= 11 is 4.29. The van der Waals surface area contributed by atoms with Crippen molar-refractivity contribution in [2.45, 2.75) is 32.1 Å². The molecule has 0 atom stereocenters. The summed E-state index contributed by atoms with van der Waals surface area (Å²) < 4.78 is 5.45. The van der Waals surface area contributed by atoms with Crippen molar-refractivity contribution in [1.82, 2.24) is 5.32 Å². The van der Waals surface area contributed by atoms with Gasteiger partial charge in [-0.3, -0.25) is 4.79 Å². The second kappa shape index (κ2) is 5.41. The minimum Gasteiger partial charge on any atom is -0.379 e. The fourth-order valence-electron chi connectivity index (χ4n) is 1.77. The molecule has 92 valence electrons. The van der Waals surface area contributed by atoms with Gasteiger partial charge in [-0.15, -0.1) is 0 Å². The number of nitrogens with one attached hydrogen (secondary N) is 1. The molecule has 0 unspecified atom stereocenters. The Hall–Kier alpha value is -0.220. The summed E-state index contributed by atoms with van der Waals surface area (Å²) in [5, 5.41) is 2.91. The van der Waals surface area contributed by atoms with E-state index >= 15 is 0 Å². The lowest BCUT2D eigenvalue weighted by atomic mass is 10.1. The van der Waals surface area contributed by atoms with Gasteiger partial charge in [-0.2, -0.15) is 12.6 Å². The lowest BCUT2D eigenvalue weighted by Gasteiger charge is -2.11. The van der Waals surface area contributed by atoms with Crippen molar-refractivity contribution in [2.24, 2.45) is 11.3 Å². The molecule has 2 rings (SSSR count). The molecule has 16 heavy (non-hydrogen) atoms. The number of ether oxygens (including phenoxy) is 1. The Morgan fingerprint density at radius 3 is 2.75 bits per heavy atom. The SMILES string of the molecule is O=C(CC1(CS)CC1)NCCOCC1CC1. The number of rotatable bonds is 8. The molecule has 2 aliphatic carbocycles. The summed E-state index contributed by atoms with van der Waals surface area (Å²) in [5.41, 5.74) is 0.224. The summed E-state index contributed by atoms with van der Waals surface area (Å²) in [6.07, 6.45) is 5.58. The number of hydrogen-bond donors (Lipinski definition) is 2. The number of thiol groups is 1. The fraction of sp³-hybridized carbons (Fsp3) is 0.917. The molecule has 0 radical (unpaired) electrons. The molecule has 0 aromatic rings. The van der Waals surface area contributed by atoms with Gasteiger partial charge in [0, 0.05) is 19.6 Å². The van der Waals surface area contributed by atoms with Crippen molar-refractivity contribution in [3.63, 3.8) is 0 Å². The molecule has 0 saturated heterocycles. The van der Waals surface area contributed by atoms with Gasteiger partial charge >= 0.3 is 0 Å². The molecular weight excluding hydrogens is 222 g/mol. The van der Waals surface area contributed by atoms with Crippen LogP contribution in [-0.2, 0) is 9.53 Å². The van der Waals surface area contributed by atoms with Crippen LogP contribution in [0.5, 0.6) is 0 Å². The zero-order chi connectivity index (χ0) is 11.4. The molecular formula is C12H21NO2S. The van der Waals surface area contributed by atoms with Gasteiger partial charge in [0.25, 0.3) is 0 Å². The average molecular weight is 243 g/mol. The van der Waals surface area contributed by atoms with Gasteiger partial charge in [0.2, 0.25) is 5.91 Å². The highest BCUT2D eigenvalue weighted by Crippen LogP contribution is 2.49. The second-order valence-corrected chi connectivity index (χ2v) is 5.52. The molecule has 0 spiro atoms. The molecule has 2 saturated carbocycles. The van der Waals surface area contributed by atoms with Crippen LogP contribution in [0.4, 0.5) is 0 Å². The van der Waals surface area contributed by atoms with Crippen molar-refractivity contribution in [1.29, 1.82) is 0 Å². The van der Waals surface area contributed by atoms with Gasteiger partial charge in [-0.05, 0) is 42.8 Å². The van der Waals surface area contributed by atoms with Gasteiger partial charge in [0.05, 0.1) is 6.61 Å². The number of amides is 1. The van der Waals surface area contributed by atoms with Crippen LogP contribution in [0, 0.1) is 11.3 Å². The first-order valence-electron chi connectivity index (χ1n) is 6.19. The Morgan fingerprint density at radius 1 is 1.44 bits per heavy atom. The molecule has 2 fully saturated rings. The van der Waals surface area contributed by atoms with Crippen LogP contribution in [0.3, 0.4) is 0 Å². The van der Waals surface area contributed by atoms with E-state index in [1.54, 1.807) is 0 Å². The zero-order valence-corrected chi connectivity index (χ0v) is 10.6. The Kier molecular flexibility index (Phi) is 4.14. The first-order valence-corrected chi connectivity index (χ1v) is 6.83. The van der Waals surface area contributed by atoms with Gasteiger partial charge in [0.1, 0.15) is 0 Å². The van der Waals surface area contributed by atoms with Crippen molar-refractivity contribution in [3.8, 4) is 0 Å². The van der Waals surface area contributed by atoms with Gasteiger partial charge in [0.15, 0.2) is 0 Å². The van der Waals surface area contributed by atoms with Crippen molar-refractivity contribution in [2.75, 3.05) is 25.5 Å². The Balaban J connectivity index is 1.47. The zero-order valence-electron chi connectivity index (χ0n) is 9.71. The van der Waals surface area contributed by atoms with Crippen LogP contribution >= 0.6 is 12.6 Å². The third-order valence-corrected chi connectivity index (χ3v) is 4.12. The van der Waals surface area contributed by atoms with Gasteiger partial charge in [-0.25, -0.2) is 0 Å². The maximum atomic E-state index is 11.6. The molecule has 1 amide bonds. The van der Waals surface area contributed by atoms with E-state index in [1.165, 1.54) is 12.8 Å². The van der Waals surface area contributed by atoms with E-state index < -0.39 is 0 Å². The Bertz CT molecular complexity index is 249. The largest absolute Gasteiger partial charge is 0.379 e. The van der Waals surface area contributed by atoms with E-state index in [2.05, 4.69) is 17.9 Å². The molecule has 1 N–H and O–H groups in total. The molecule has 0 aliphatic heterocycles. The molecule has 2 aliphatic rings. The van der Waals surface area contributed by atoms with E-state index in [4.69, 9.17) is 4.74 Å². The summed E-state index contributed by atoms with van der Waals surface area (Å²) in [6, 6.07) is 0. The van der Waals surface area contributed by atoms with Crippen LogP contribution in [0.2, 0.25) is 0 Å². The quantitative estimate of drug-likeness (QED) is 0.502. The first-order chi connectivity index (χ1) is 7.74. The second-order valence-electron chi connectivity index (χ2n) is 5.20. The predicted molar refractivity (Wildman–Crippen MR) is 66.7 cm³/mol. The van der Waals surface area contributed by atoms with Crippen LogP contribution in [0.25, 0.3) is 0 Å². The first kappa shape index (κ1) is 12.2. The number of carbonyl (C=O) groups is 1. The summed E-state index contributed by atoms with van der Waals surface area (Å²) in [5.74, 6) is 1.79. The maximum Gasteiger partial charge on any atom is 0.220 e. The summed E-state index contributed by atoms with van der Waals surface area (Å²) in [7, 11) is 0. The smallest absolute Gasteiger partial charge is 0.220 e. The summed E-state index contributed by atoms with van der Waals surface area (Å²) in [6.45, 7) is 2.17. The molecule has 3 nitrogen and oxygen atoms in total. The van der Waals surface area contributed by atoms with E-state index in [9.17, 15) is 4.79 Å². The highest BCUT2D eigenvalue weighted by atomic mass is 32.1. The van der Waals surface area contributed by atoms with E-state index in [0.29, 0.717) is 19.6 Å². The van der Waals surface area contributed by atoms with E-state index in [0.717, 1.165) is 31.1 Å². The monoisotopic (exact) mass is 243 g/mol. The van der Waals surface area contributed by atoms with Crippen molar-refractivity contribution in [3.05, 3.63) is 0 Å². The minimum absolute atomic E-state index is 0.154. The van der Waals surface area contributed by atoms with Crippen molar-refractivity contribution < 1.29 is 9.53 Å². The number of carbonyl (C=O) groups excluding carboxylic acids is 1. The highest BCUT2D eigenvalue weighted by molar-refractivity contribution is 7.80. The average Bonchev–Trinajstić information content (AvgIpc) is 3.12. The third-order valence-electron chi connectivity index (χ3n) is 3.45. The lowest BCUT2D eigenvalue weighted by Crippen LogP contribution is -2.29. The van der Waals surface area contributed by atoms with Crippen LogP contribution in [-0.4, -0.2) is 31.4 Å². The topological polar surface area (TPSA) is 38.3 Å². The molecule has 0 aromatic heterocycles. The standard InChI is InChI=1S/C12H21NO2S/c14-11(7-12(9-16)3-4-12)13-5-6-15-8-10-1-2-10/h10,16H,1-9H2,(H,13,14). The lowest BCUT2D eigenvalue weighted by molar-refractivity contribution is -0.122. The van der Waals surface area contributed by atoms with Crippen LogP contribution in [0.15, 0.2) is 0 Å². The molecule has 0 aromatic carbocycles. The predicted octanol–water partition coefficient (Wildman–Crippen LogP) is 1.63. The summed E-state index contributed by atoms with van der Waals surface area (Å²) in [4.78, 5) is 11.6. The van der Waals surface area contributed by atoms with E-state index in [-0.39, 0.29) is 11.3 Å². The molecule has 0 bridgehead atoms. The third kappa shape index (κ3) is 3.98. The van der Waals surface area contributed by atoms with Crippen LogP contribution in [0.1, 0.15) is 32.1 Å². The van der Waals surface area contributed by atoms with Gasteiger partial charge in [-0.1, -0.05) is 0 Å². The van der Waals surface area contributed by atoms with Crippen LogP contribution < -0.4 is 5.32 Å². The fourth-order valence-corrected chi connectivity index (χ4v) is 2.20. The molecule has 4 heteroatoms. The Morgan fingerprint density at radius 2 is 2.19 bits per heavy atom.